The van der Waals surface area contributed by atoms with Crippen LogP contribution in [0, 0.1) is 0 Å². The minimum Gasteiger partial charge on any atom is -0.383 e. The monoisotopic (exact) mass is 389 g/mol. The number of halogens is 1. The molecule has 1 aromatic heterocycles. The summed E-state index contributed by atoms with van der Waals surface area (Å²) in [5.41, 5.74) is 2.87. The quantitative estimate of drug-likeness (QED) is 0.596. The zero-order valence-corrected chi connectivity index (χ0v) is 16.0. The van der Waals surface area contributed by atoms with Crippen LogP contribution in [0.1, 0.15) is 5.56 Å². The predicted molar refractivity (Wildman–Crippen MR) is 106 cm³/mol. The van der Waals surface area contributed by atoms with Crippen LogP contribution in [0.5, 0.6) is 0 Å². The number of aromatic nitrogens is 2. The van der Waals surface area contributed by atoms with E-state index in [1.54, 1.807) is 7.11 Å². The normalized spacial score (nSPS) is 11.0. The van der Waals surface area contributed by atoms with E-state index in [9.17, 15) is 4.79 Å². The Morgan fingerprint density at radius 2 is 2.00 bits per heavy atom. The molecular weight excluding hydrogens is 370 g/mol. The van der Waals surface area contributed by atoms with Gasteiger partial charge in [0, 0.05) is 25.2 Å². The topological polar surface area (TPSA) is 56.1 Å². The lowest BCUT2D eigenvalue weighted by Crippen LogP contribution is -2.24. The van der Waals surface area contributed by atoms with Gasteiger partial charge in [-0.05, 0) is 23.8 Å². The Kier molecular flexibility index (Phi) is 6.55. The van der Waals surface area contributed by atoms with E-state index in [1.165, 1.54) is 11.8 Å². The van der Waals surface area contributed by atoms with E-state index in [4.69, 9.17) is 16.3 Å². The van der Waals surface area contributed by atoms with Gasteiger partial charge in [0.2, 0.25) is 5.91 Å². The number of nitrogens with zero attached hydrogens (tertiary/aromatic N) is 2. The van der Waals surface area contributed by atoms with Crippen LogP contribution in [0.2, 0.25) is 5.02 Å². The van der Waals surface area contributed by atoms with Crippen molar-refractivity contribution in [1.82, 2.24) is 14.9 Å². The molecule has 0 atom stereocenters. The maximum absolute atomic E-state index is 12.2. The second-order valence-electron chi connectivity index (χ2n) is 5.68. The van der Waals surface area contributed by atoms with Crippen molar-refractivity contribution < 1.29 is 9.53 Å². The molecule has 1 heterocycles. The van der Waals surface area contributed by atoms with Crippen molar-refractivity contribution in [2.24, 2.45) is 0 Å². The Bertz CT molecular complexity index is 897. The highest BCUT2D eigenvalue weighted by Crippen LogP contribution is 2.24. The molecule has 7 heteroatoms. The lowest BCUT2D eigenvalue weighted by Gasteiger charge is -2.09. The summed E-state index contributed by atoms with van der Waals surface area (Å²) in [5.74, 6) is 0.237. The minimum atomic E-state index is -0.0553. The molecule has 0 aliphatic heterocycles. The number of ether oxygens (including phenoxy) is 1. The number of methoxy groups -OCH3 is 1. The molecule has 3 aromatic rings. The van der Waals surface area contributed by atoms with Gasteiger partial charge in [-0.2, -0.15) is 0 Å². The first-order chi connectivity index (χ1) is 12.7. The summed E-state index contributed by atoms with van der Waals surface area (Å²) in [6.07, 6.45) is 0. The molecule has 0 saturated heterocycles. The lowest BCUT2D eigenvalue weighted by atomic mass is 10.2. The second kappa shape index (κ2) is 9.07. The smallest absolute Gasteiger partial charge is 0.230 e. The van der Waals surface area contributed by atoms with E-state index >= 15 is 0 Å². The van der Waals surface area contributed by atoms with Gasteiger partial charge in [0.15, 0.2) is 5.16 Å². The summed E-state index contributed by atoms with van der Waals surface area (Å²) in [7, 11) is 1.67. The Morgan fingerprint density at radius 1 is 1.23 bits per heavy atom. The summed E-state index contributed by atoms with van der Waals surface area (Å²) in [6, 6.07) is 15.4. The molecule has 0 aliphatic carbocycles. The number of carbonyl (C=O) groups is 1. The number of thioether (sulfide) groups is 1. The van der Waals surface area contributed by atoms with Gasteiger partial charge in [0.1, 0.15) is 0 Å². The molecule has 26 heavy (non-hydrogen) atoms. The molecule has 1 amide bonds. The Balaban J connectivity index is 1.63. The number of para-hydroxylation sites is 2. The fraction of sp³-hybridized carbons (Fsp3) is 0.263. The Hall–Kier alpha value is -2.02. The molecule has 0 bridgehead atoms. The first kappa shape index (κ1) is 18.8. The van der Waals surface area contributed by atoms with Crippen molar-refractivity contribution in [1.29, 1.82) is 0 Å². The van der Waals surface area contributed by atoms with E-state index in [-0.39, 0.29) is 5.91 Å². The maximum Gasteiger partial charge on any atom is 0.230 e. The molecule has 0 radical (unpaired) electrons. The third-order valence-corrected chi connectivity index (χ3v) is 5.25. The molecule has 0 unspecified atom stereocenters. The zero-order valence-electron chi connectivity index (χ0n) is 14.4. The molecule has 0 aliphatic rings. The van der Waals surface area contributed by atoms with Gasteiger partial charge in [-0.15, -0.1) is 0 Å². The number of benzene rings is 2. The van der Waals surface area contributed by atoms with Gasteiger partial charge in [-0.1, -0.05) is 53.7 Å². The molecule has 0 saturated carbocycles. The van der Waals surface area contributed by atoms with Crippen LogP contribution in [0.15, 0.2) is 53.7 Å². The van der Waals surface area contributed by atoms with Crippen molar-refractivity contribution in [3.63, 3.8) is 0 Å². The van der Waals surface area contributed by atoms with Gasteiger partial charge >= 0.3 is 0 Å². The lowest BCUT2D eigenvalue weighted by molar-refractivity contribution is -0.118. The molecule has 0 spiro atoms. The number of carbonyl (C=O) groups excluding carboxylic acids is 1. The third-order valence-electron chi connectivity index (χ3n) is 3.90. The van der Waals surface area contributed by atoms with Crippen LogP contribution in [-0.4, -0.2) is 34.9 Å². The van der Waals surface area contributed by atoms with E-state index in [0.717, 1.165) is 21.8 Å². The number of hydrogen-bond donors (Lipinski definition) is 1. The van der Waals surface area contributed by atoms with Crippen molar-refractivity contribution >= 4 is 40.3 Å². The largest absolute Gasteiger partial charge is 0.383 e. The zero-order chi connectivity index (χ0) is 18.4. The highest BCUT2D eigenvalue weighted by molar-refractivity contribution is 7.99. The average Bonchev–Trinajstić information content (AvgIpc) is 3.01. The number of fused-ring (bicyclic) bond motifs is 1. The highest BCUT2D eigenvalue weighted by atomic mass is 35.5. The molecule has 3 rings (SSSR count). The van der Waals surface area contributed by atoms with Crippen molar-refractivity contribution in [3.05, 3.63) is 59.1 Å². The number of rotatable bonds is 8. The summed E-state index contributed by atoms with van der Waals surface area (Å²) in [4.78, 5) is 16.8. The molecule has 2 aromatic carbocycles. The van der Waals surface area contributed by atoms with Gasteiger partial charge in [-0.3, -0.25) is 4.79 Å². The average molecular weight is 390 g/mol. The number of nitrogens with one attached hydrogen (secondary N) is 1. The van der Waals surface area contributed by atoms with Crippen LogP contribution in [0.3, 0.4) is 0 Å². The number of imidazole rings is 1. The van der Waals surface area contributed by atoms with Crippen LogP contribution >= 0.6 is 23.4 Å². The third kappa shape index (κ3) is 4.58. The maximum atomic E-state index is 12.2. The second-order valence-corrected chi connectivity index (χ2v) is 7.03. The fourth-order valence-electron chi connectivity index (χ4n) is 2.58. The Labute approximate surface area is 161 Å². The molecule has 1 N–H and O–H groups in total. The van der Waals surface area contributed by atoms with Crippen molar-refractivity contribution in [2.75, 3.05) is 19.5 Å². The van der Waals surface area contributed by atoms with Gasteiger partial charge < -0.3 is 14.6 Å². The fourth-order valence-corrected chi connectivity index (χ4v) is 3.65. The summed E-state index contributed by atoms with van der Waals surface area (Å²) in [5, 5.41) is 4.37. The molecule has 0 fully saturated rings. The summed E-state index contributed by atoms with van der Waals surface area (Å²) < 4.78 is 7.28. The van der Waals surface area contributed by atoms with Crippen molar-refractivity contribution in [3.8, 4) is 0 Å². The number of amides is 1. The highest BCUT2D eigenvalue weighted by Gasteiger charge is 2.13. The summed E-state index contributed by atoms with van der Waals surface area (Å²) in [6.45, 7) is 1.70. The predicted octanol–water partition coefficient (Wildman–Crippen LogP) is 3.74. The molecule has 5 nitrogen and oxygen atoms in total. The SMILES string of the molecule is COCCn1c(SCC(=O)NCc2ccccc2Cl)nc2ccccc21. The van der Waals surface area contributed by atoms with E-state index in [1.807, 2.05) is 48.5 Å². The first-order valence-corrected chi connectivity index (χ1v) is 9.62. The minimum absolute atomic E-state index is 0.0553. The number of hydrogen-bond acceptors (Lipinski definition) is 4. The molecule has 136 valence electrons. The van der Waals surface area contributed by atoms with E-state index in [2.05, 4.69) is 14.9 Å². The van der Waals surface area contributed by atoms with E-state index in [0.29, 0.717) is 30.5 Å². The standard InChI is InChI=1S/C19H20ClN3O2S/c1-25-11-10-23-17-9-5-4-8-16(17)22-19(23)26-13-18(24)21-12-14-6-2-3-7-15(14)20/h2-9H,10-13H2,1H3,(H,21,24). The first-order valence-electron chi connectivity index (χ1n) is 8.26. The van der Waals surface area contributed by atoms with Gasteiger partial charge in [-0.25, -0.2) is 4.98 Å². The van der Waals surface area contributed by atoms with Gasteiger partial charge in [0.25, 0.3) is 0 Å². The van der Waals surface area contributed by atoms with Crippen molar-refractivity contribution in [2.45, 2.75) is 18.2 Å². The van der Waals surface area contributed by atoms with Crippen LogP contribution in [0.4, 0.5) is 0 Å². The van der Waals surface area contributed by atoms with Crippen LogP contribution in [-0.2, 0) is 22.6 Å². The van der Waals surface area contributed by atoms with Crippen LogP contribution < -0.4 is 5.32 Å². The van der Waals surface area contributed by atoms with Crippen LogP contribution in [0.25, 0.3) is 11.0 Å². The van der Waals surface area contributed by atoms with E-state index < -0.39 is 0 Å². The molecular formula is C19H20ClN3O2S. The van der Waals surface area contributed by atoms with Gasteiger partial charge in [0.05, 0.1) is 23.4 Å². The summed E-state index contributed by atoms with van der Waals surface area (Å²) >= 11 is 7.54. The Morgan fingerprint density at radius 3 is 2.81 bits per heavy atom.